The molecule has 1 atom stereocenters. The van der Waals surface area contributed by atoms with E-state index in [-0.39, 0.29) is 0 Å². The van der Waals surface area contributed by atoms with Gasteiger partial charge in [0.25, 0.3) is 0 Å². The quantitative estimate of drug-likeness (QED) is 0.727. The first kappa shape index (κ1) is 10.4. The van der Waals surface area contributed by atoms with Gasteiger partial charge in [0.1, 0.15) is 0 Å². The first-order chi connectivity index (χ1) is 6.78. The van der Waals surface area contributed by atoms with E-state index in [1.54, 1.807) is 0 Å². The molecule has 1 unspecified atom stereocenters. The Kier molecular flexibility index (Phi) is 3.13. The van der Waals surface area contributed by atoms with Crippen molar-refractivity contribution in [1.82, 2.24) is 4.90 Å². The van der Waals surface area contributed by atoms with Gasteiger partial charge in [0, 0.05) is 13.1 Å². The summed E-state index contributed by atoms with van der Waals surface area (Å²) in [5, 5.41) is 0. The molecule has 2 fully saturated rings. The standard InChI is InChI=1S/C12H24N2/c1-2-11-3-8-14(9-11)10-12(4-5-12)6-7-13/h11H,2-10,13H2,1H3. The van der Waals surface area contributed by atoms with Gasteiger partial charge in [-0.2, -0.15) is 0 Å². The van der Waals surface area contributed by atoms with Crippen LogP contribution in [0.5, 0.6) is 0 Å². The summed E-state index contributed by atoms with van der Waals surface area (Å²) < 4.78 is 0. The summed E-state index contributed by atoms with van der Waals surface area (Å²) in [4.78, 5) is 2.68. The van der Waals surface area contributed by atoms with Crippen molar-refractivity contribution in [1.29, 1.82) is 0 Å². The Balaban J connectivity index is 1.76. The summed E-state index contributed by atoms with van der Waals surface area (Å²) in [6, 6.07) is 0. The predicted molar refractivity (Wildman–Crippen MR) is 60.2 cm³/mol. The van der Waals surface area contributed by atoms with Crippen LogP contribution in [0.1, 0.15) is 39.0 Å². The molecule has 1 heterocycles. The third kappa shape index (κ3) is 2.29. The molecule has 0 aromatic rings. The molecule has 1 saturated heterocycles. The van der Waals surface area contributed by atoms with Crippen LogP contribution in [-0.4, -0.2) is 31.1 Å². The van der Waals surface area contributed by atoms with E-state index < -0.39 is 0 Å². The molecule has 2 aliphatic rings. The smallest absolute Gasteiger partial charge is 0.00386 e. The highest BCUT2D eigenvalue weighted by atomic mass is 15.2. The van der Waals surface area contributed by atoms with Gasteiger partial charge in [-0.3, -0.25) is 0 Å². The van der Waals surface area contributed by atoms with Crippen molar-refractivity contribution in [2.45, 2.75) is 39.0 Å². The van der Waals surface area contributed by atoms with E-state index in [4.69, 9.17) is 5.73 Å². The Labute approximate surface area is 87.8 Å². The highest BCUT2D eigenvalue weighted by Crippen LogP contribution is 2.49. The van der Waals surface area contributed by atoms with Crippen molar-refractivity contribution in [3.63, 3.8) is 0 Å². The van der Waals surface area contributed by atoms with E-state index in [0.717, 1.165) is 12.5 Å². The lowest BCUT2D eigenvalue weighted by Gasteiger charge is -2.22. The molecule has 82 valence electrons. The monoisotopic (exact) mass is 196 g/mol. The van der Waals surface area contributed by atoms with Crippen LogP contribution in [0, 0.1) is 11.3 Å². The van der Waals surface area contributed by atoms with Gasteiger partial charge in [0.15, 0.2) is 0 Å². The Bertz CT molecular complexity index is 187. The maximum Gasteiger partial charge on any atom is 0.00386 e. The minimum absolute atomic E-state index is 0.650. The first-order valence-corrected chi connectivity index (χ1v) is 6.20. The first-order valence-electron chi connectivity index (χ1n) is 6.20. The van der Waals surface area contributed by atoms with Crippen molar-refractivity contribution in [2.24, 2.45) is 17.1 Å². The van der Waals surface area contributed by atoms with Crippen molar-refractivity contribution < 1.29 is 0 Å². The number of nitrogens with zero attached hydrogens (tertiary/aromatic N) is 1. The number of rotatable bonds is 5. The molecule has 2 nitrogen and oxygen atoms in total. The van der Waals surface area contributed by atoms with Crippen molar-refractivity contribution in [2.75, 3.05) is 26.2 Å². The minimum Gasteiger partial charge on any atom is -0.330 e. The normalized spacial score (nSPS) is 30.9. The zero-order valence-electron chi connectivity index (χ0n) is 9.47. The zero-order chi connectivity index (χ0) is 10.0. The van der Waals surface area contributed by atoms with Crippen LogP contribution in [0.3, 0.4) is 0 Å². The molecule has 2 heteroatoms. The molecular weight excluding hydrogens is 172 g/mol. The van der Waals surface area contributed by atoms with Gasteiger partial charge in [0.2, 0.25) is 0 Å². The van der Waals surface area contributed by atoms with Crippen molar-refractivity contribution >= 4 is 0 Å². The fourth-order valence-electron chi connectivity index (χ4n) is 2.83. The second kappa shape index (κ2) is 4.19. The fourth-order valence-corrected chi connectivity index (χ4v) is 2.83. The summed E-state index contributed by atoms with van der Waals surface area (Å²) >= 11 is 0. The van der Waals surface area contributed by atoms with Gasteiger partial charge in [-0.25, -0.2) is 0 Å². The summed E-state index contributed by atoms with van der Waals surface area (Å²) in [7, 11) is 0. The van der Waals surface area contributed by atoms with E-state index in [9.17, 15) is 0 Å². The summed E-state index contributed by atoms with van der Waals surface area (Å²) in [6.45, 7) is 7.22. The molecule has 0 bridgehead atoms. The maximum absolute atomic E-state index is 5.66. The average molecular weight is 196 g/mol. The minimum atomic E-state index is 0.650. The average Bonchev–Trinajstić information content (AvgIpc) is 2.78. The van der Waals surface area contributed by atoms with Crippen LogP contribution in [0.25, 0.3) is 0 Å². The summed E-state index contributed by atoms with van der Waals surface area (Å²) in [6.07, 6.45) is 6.89. The lowest BCUT2D eigenvalue weighted by atomic mass is 10.0. The van der Waals surface area contributed by atoms with Gasteiger partial charge in [0.05, 0.1) is 0 Å². The third-order valence-corrected chi connectivity index (χ3v) is 4.14. The molecule has 0 amide bonds. The van der Waals surface area contributed by atoms with Gasteiger partial charge < -0.3 is 10.6 Å². The SMILES string of the molecule is CCC1CCN(CC2(CCN)CC2)C1. The lowest BCUT2D eigenvalue weighted by Crippen LogP contribution is -2.29. The fraction of sp³-hybridized carbons (Fsp3) is 1.00. The van der Waals surface area contributed by atoms with Crippen LogP contribution in [0.2, 0.25) is 0 Å². The Hall–Kier alpha value is -0.0800. The van der Waals surface area contributed by atoms with Gasteiger partial charge in [-0.1, -0.05) is 13.3 Å². The van der Waals surface area contributed by atoms with Crippen molar-refractivity contribution in [3.8, 4) is 0 Å². The molecule has 0 aromatic heterocycles. The maximum atomic E-state index is 5.66. The van der Waals surface area contributed by atoms with Crippen LogP contribution in [0.4, 0.5) is 0 Å². The molecule has 1 aliphatic carbocycles. The highest BCUT2D eigenvalue weighted by molar-refractivity contribution is 4.96. The number of likely N-dealkylation sites (tertiary alicyclic amines) is 1. The Morgan fingerprint density at radius 1 is 1.43 bits per heavy atom. The molecule has 1 aliphatic heterocycles. The van der Waals surface area contributed by atoms with E-state index in [2.05, 4.69) is 11.8 Å². The number of nitrogens with two attached hydrogens (primary N) is 1. The molecule has 0 radical (unpaired) electrons. The van der Waals surface area contributed by atoms with E-state index in [1.165, 1.54) is 51.7 Å². The number of hydrogen-bond acceptors (Lipinski definition) is 2. The Morgan fingerprint density at radius 3 is 2.71 bits per heavy atom. The highest BCUT2D eigenvalue weighted by Gasteiger charge is 2.43. The predicted octanol–water partition coefficient (Wildman–Crippen LogP) is 1.85. The van der Waals surface area contributed by atoms with E-state index in [0.29, 0.717) is 5.41 Å². The molecule has 0 aromatic carbocycles. The van der Waals surface area contributed by atoms with E-state index in [1.807, 2.05) is 0 Å². The molecular formula is C12H24N2. The van der Waals surface area contributed by atoms with Gasteiger partial charge >= 0.3 is 0 Å². The van der Waals surface area contributed by atoms with Crippen LogP contribution >= 0.6 is 0 Å². The van der Waals surface area contributed by atoms with Gasteiger partial charge in [-0.15, -0.1) is 0 Å². The second-order valence-electron chi connectivity index (χ2n) is 5.34. The molecule has 14 heavy (non-hydrogen) atoms. The van der Waals surface area contributed by atoms with Crippen LogP contribution in [-0.2, 0) is 0 Å². The number of hydrogen-bond donors (Lipinski definition) is 1. The molecule has 2 rings (SSSR count). The Morgan fingerprint density at radius 2 is 2.21 bits per heavy atom. The summed E-state index contributed by atoms with van der Waals surface area (Å²) in [5.74, 6) is 0.976. The molecule has 0 spiro atoms. The van der Waals surface area contributed by atoms with E-state index >= 15 is 0 Å². The molecule has 2 N–H and O–H groups in total. The lowest BCUT2D eigenvalue weighted by molar-refractivity contribution is 0.247. The van der Waals surface area contributed by atoms with Gasteiger partial charge in [-0.05, 0) is 50.1 Å². The second-order valence-corrected chi connectivity index (χ2v) is 5.34. The van der Waals surface area contributed by atoms with Crippen molar-refractivity contribution in [3.05, 3.63) is 0 Å². The molecule has 1 saturated carbocycles. The van der Waals surface area contributed by atoms with Crippen LogP contribution in [0.15, 0.2) is 0 Å². The third-order valence-electron chi connectivity index (χ3n) is 4.14. The largest absolute Gasteiger partial charge is 0.330 e. The van der Waals surface area contributed by atoms with Crippen LogP contribution < -0.4 is 5.73 Å². The zero-order valence-corrected chi connectivity index (χ0v) is 9.47. The topological polar surface area (TPSA) is 29.3 Å². The summed E-state index contributed by atoms with van der Waals surface area (Å²) in [5.41, 5.74) is 6.31.